The highest BCUT2D eigenvalue weighted by Gasteiger charge is 2.39. The predicted octanol–water partition coefficient (Wildman–Crippen LogP) is 3.67. The van der Waals surface area contributed by atoms with E-state index in [4.69, 9.17) is 9.47 Å². The summed E-state index contributed by atoms with van der Waals surface area (Å²) in [6, 6.07) is 3.70. The van der Waals surface area contributed by atoms with Crippen LogP contribution in [0.3, 0.4) is 0 Å². The van der Waals surface area contributed by atoms with Gasteiger partial charge in [-0.2, -0.15) is 0 Å². The number of hydrogen-bond donors (Lipinski definition) is 0. The number of imide groups is 1. The molecular formula is C21H27NO4. The molecule has 0 spiro atoms. The van der Waals surface area contributed by atoms with Crippen LogP contribution in [0, 0.1) is 11.8 Å². The van der Waals surface area contributed by atoms with Crippen LogP contribution in [0.2, 0.25) is 0 Å². The van der Waals surface area contributed by atoms with Gasteiger partial charge in [-0.25, -0.2) is 0 Å². The number of ether oxygens (including phenoxy) is 2. The lowest BCUT2D eigenvalue weighted by molar-refractivity contribution is -0.139. The largest absolute Gasteiger partial charge is 0.489 e. The summed E-state index contributed by atoms with van der Waals surface area (Å²) in [6.07, 6.45) is 4.22. The third-order valence-corrected chi connectivity index (χ3v) is 4.56. The van der Waals surface area contributed by atoms with Crippen LogP contribution in [0.25, 0.3) is 0 Å². The van der Waals surface area contributed by atoms with Gasteiger partial charge in [0.2, 0.25) is 0 Å². The molecule has 5 heteroatoms. The van der Waals surface area contributed by atoms with Gasteiger partial charge in [-0.1, -0.05) is 33.8 Å². The van der Waals surface area contributed by atoms with E-state index in [1.165, 1.54) is 17.1 Å². The number of carbonyl (C=O) groups is 2. The molecule has 2 aliphatic rings. The molecule has 26 heavy (non-hydrogen) atoms. The van der Waals surface area contributed by atoms with Crippen molar-refractivity contribution in [1.82, 2.24) is 4.90 Å². The summed E-state index contributed by atoms with van der Waals surface area (Å²) in [6.45, 7) is 9.52. The minimum absolute atomic E-state index is 0.254. The Morgan fingerprint density at radius 3 is 2.23 bits per heavy atom. The van der Waals surface area contributed by atoms with Crippen LogP contribution in [-0.4, -0.2) is 29.9 Å². The normalized spacial score (nSPS) is 19.0. The Kier molecular flexibility index (Phi) is 5.35. The van der Waals surface area contributed by atoms with Gasteiger partial charge in [-0.3, -0.25) is 14.5 Å². The summed E-state index contributed by atoms with van der Waals surface area (Å²) in [7, 11) is 0. The summed E-state index contributed by atoms with van der Waals surface area (Å²) in [5, 5.41) is 0. The summed E-state index contributed by atoms with van der Waals surface area (Å²) in [4.78, 5) is 25.8. The molecule has 1 aromatic carbocycles. The van der Waals surface area contributed by atoms with Crippen molar-refractivity contribution in [3.05, 3.63) is 35.4 Å². The van der Waals surface area contributed by atoms with Gasteiger partial charge >= 0.3 is 0 Å². The average Bonchev–Trinajstić information content (AvgIpc) is 3.14. The molecule has 0 unspecified atom stereocenters. The molecule has 0 radical (unpaired) electrons. The van der Waals surface area contributed by atoms with Crippen LogP contribution in [-0.2, 0) is 16.0 Å². The second-order valence-corrected chi connectivity index (χ2v) is 7.81. The van der Waals surface area contributed by atoms with Crippen LogP contribution >= 0.6 is 0 Å². The lowest BCUT2D eigenvalue weighted by Gasteiger charge is -2.26. The monoisotopic (exact) mass is 357 g/mol. The number of aryl methyl sites for hydroxylation is 1. The number of benzene rings is 1. The maximum Gasteiger partial charge on any atom is 0.254 e. The lowest BCUT2D eigenvalue weighted by Crippen LogP contribution is -2.33. The van der Waals surface area contributed by atoms with Crippen LogP contribution in [0.5, 0.6) is 11.5 Å². The van der Waals surface area contributed by atoms with Crippen molar-refractivity contribution in [2.24, 2.45) is 11.8 Å². The van der Waals surface area contributed by atoms with Crippen molar-refractivity contribution in [3.63, 3.8) is 0 Å². The van der Waals surface area contributed by atoms with Gasteiger partial charge in [0.15, 0.2) is 11.5 Å². The fraction of sp³-hybridized carbons (Fsp3) is 0.524. The second kappa shape index (κ2) is 7.52. The highest BCUT2D eigenvalue weighted by molar-refractivity contribution is 6.13. The zero-order chi connectivity index (χ0) is 18.8. The molecule has 1 heterocycles. The summed E-state index contributed by atoms with van der Waals surface area (Å²) in [5.74, 6) is 1.62. The molecule has 1 aliphatic heterocycles. The molecule has 1 atom stereocenters. The molecule has 0 saturated carbocycles. The van der Waals surface area contributed by atoms with E-state index in [-0.39, 0.29) is 17.9 Å². The lowest BCUT2D eigenvalue weighted by atomic mass is 10.0. The minimum atomic E-state index is -0.287. The number of rotatable bonds is 7. The van der Waals surface area contributed by atoms with E-state index >= 15 is 0 Å². The SMILES string of the molecule is CC(C)COc1ccc2c(c1OCC(C)C)[C@@H](N1C(=O)C=CC1=O)CC2. The molecule has 1 aromatic rings. The molecule has 3 rings (SSSR count). The van der Waals surface area contributed by atoms with Gasteiger partial charge in [-0.15, -0.1) is 0 Å². The van der Waals surface area contributed by atoms with Gasteiger partial charge in [0.1, 0.15) is 0 Å². The Bertz CT molecular complexity index is 718. The third kappa shape index (κ3) is 3.62. The molecule has 0 N–H and O–H groups in total. The number of amides is 2. The molecule has 0 aromatic heterocycles. The fourth-order valence-corrected chi connectivity index (χ4v) is 3.39. The van der Waals surface area contributed by atoms with Gasteiger partial charge in [0.25, 0.3) is 11.8 Å². The Morgan fingerprint density at radius 1 is 1.00 bits per heavy atom. The van der Waals surface area contributed by atoms with Gasteiger partial charge < -0.3 is 9.47 Å². The van der Waals surface area contributed by atoms with E-state index < -0.39 is 0 Å². The number of hydrogen-bond acceptors (Lipinski definition) is 4. The van der Waals surface area contributed by atoms with Crippen molar-refractivity contribution < 1.29 is 19.1 Å². The predicted molar refractivity (Wildman–Crippen MR) is 99.2 cm³/mol. The first kappa shape index (κ1) is 18.5. The molecule has 0 bridgehead atoms. The van der Waals surface area contributed by atoms with Gasteiger partial charge in [-0.05, 0) is 36.3 Å². The first-order valence-electron chi connectivity index (χ1n) is 9.35. The highest BCUT2D eigenvalue weighted by atomic mass is 16.5. The van der Waals surface area contributed by atoms with Crippen molar-refractivity contribution >= 4 is 11.8 Å². The summed E-state index contributed by atoms with van der Waals surface area (Å²) < 4.78 is 12.1. The summed E-state index contributed by atoms with van der Waals surface area (Å²) in [5.41, 5.74) is 2.05. The number of nitrogens with zero attached hydrogens (tertiary/aromatic N) is 1. The van der Waals surface area contributed by atoms with Crippen LogP contribution in [0.1, 0.15) is 51.3 Å². The van der Waals surface area contributed by atoms with Gasteiger partial charge in [0.05, 0.1) is 19.3 Å². The first-order valence-corrected chi connectivity index (χ1v) is 9.35. The Balaban J connectivity index is 1.99. The molecule has 0 fully saturated rings. The smallest absolute Gasteiger partial charge is 0.254 e. The summed E-state index contributed by atoms with van der Waals surface area (Å²) >= 11 is 0. The average molecular weight is 357 g/mol. The first-order chi connectivity index (χ1) is 12.4. The van der Waals surface area contributed by atoms with Crippen LogP contribution in [0.4, 0.5) is 0 Å². The van der Waals surface area contributed by atoms with Crippen LogP contribution < -0.4 is 9.47 Å². The molecular weight excluding hydrogens is 330 g/mol. The second-order valence-electron chi connectivity index (χ2n) is 7.81. The number of fused-ring (bicyclic) bond motifs is 1. The maximum absolute atomic E-state index is 12.2. The highest BCUT2D eigenvalue weighted by Crippen LogP contribution is 2.47. The quantitative estimate of drug-likeness (QED) is 0.699. The zero-order valence-electron chi connectivity index (χ0n) is 16.0. The molecule has 5 nitrogen and oxygen atoms in total. The van der Waals surface area contributed by atoms with Crippen molar-refractivity contribution in [2.75, 3.05) is 13.2 Å². The Morgan fingerprint density at radius 2 is 1.62 bits per heavy atom. The van der Waals surface area contributed by atoms with E-state index in [9.17, 15) is 9.59 Å². The molecule has 0 saturated heterocycles. The van der Waals surface area contributed by atoms with E-state index in [1.54, 1.807) is 0 Å². The third-order valence-electron chi connectivity index (χ3n) is 4.56. The maximum atomic E-state index is 12.2. The Labute approximate surface area is 155 Å². The van der Waals surface area contributed by atoms with Crippen molar-refractivity contribution in [1.29, 1.82) is 0 Å². The minimum Gasteiger partial charge on any atom is -0.489 e. The van der Waals surface area contributed by atoms with Crippen molar-refractivity contribution in [3.8, 4) is 11.5 Å². The zero-order valence-corrected chi connectivity index (χ0v) is 16.0. The van der Waals surface area contributed by atoms with E-state index in [2.05, 4.69) is 27.7 Å². The fourth-order valence-electron chi connectivity index (χ4n) is 3.39. The van der Waals surface area contributed by atoms with Gasteiger partial charge in [0, 0.05) is 17.7 Å². The Hall–Kier alpha value is -2.30. The topological polar surface area (TPSA) is 55.8 Å². The number of carbonyl (C=O) groups excluding carboxylic acids is 2. The van der Waals surface area contributed by atoms with Crippen LogP contribution in [0.15, 0.2) is 24.3 Å². The molecule has 2 amide bonds. The molecule has 1 aliphatic carbocycles. The van der Waals surface area contributed by atoms with E-state index in [1.807, 2.05) is 12.1 Å². The standard InChI is InChI=1S/C21H27NO4/c1-13(2)11-25-17-8-6-15-5-7-16(22-18(23)9-10-19(22)24)20(15)21(17)26-12-14(3)4/h6,8-10,13-14,16H,5,7,11-12H2,1-4H3/t16-/m0/s1. The molecule has 140 valence electrons. The van der Waals surface area contributed by atoms with E-state index in [0.717, 1.165) is 24.0 Å². The van der Waals surface area contributed by atoms with E-state index in [0.29, 0.717) is 36.5 Å². The van der Waals surface area contributed by atoms with Crippen molar-refractivity contribution in [2.45, 2.75) is 46.6 Å².